The molecule has 52 heavy (non-hydrogen) atoms. The molecule has 256 valence electrons. The van der Waals surface area contributed by atoms with Crippen LogP contribution in [0.5, 0.6) is 0 Å². The van der Waals surface area contributed by atoms with Gasteiger partial charge in [-0.1, -0.05) is 127 Å². The van der Waals surface area contributed by atoms with Crippen LogP contribution in [0.15, 0.2) is 120 Å². The van der Waals surface area contributed by atoms with E-state index in [1.54, 1.807) is 0 Å². The van der Waals surface area contributed by atoms with Gasteiger partial charge in [-0.3, -0.25) is 4.57 Å². The van der Waals surface area contributed by atoms with E-state index in [9.17, 15) is 0 Å². The first-order valence-corrected chi connectivity index (χ1v) is 18.3. The molecule has 0 saturated carbocycles. The van der Waals surface area contributed by atoms with Crippen LogP contribution in [0.1, 0.15) is 77.3 Å². The summed E-state index contributed by atoms with van der Waals surface area (Å²) in [7, 11) is 0. The minimum atomic E-state index is -0.195. The Morgan fingerprint density at radius 2 is 1.29 bits per heavy atom. The van der Waals surface area contributed by atoms with E-state index < -0.39 is 0 Å². The Morgan fingerprint density at radius 3 is 2.02 bits per heavy atom. The average Bonchev–Trinajstić information content (AvgIpc) is 3.73. The Morgan fingerprint density at radius 1 is 0.615 bits per heavy atom. The predicted octanol–water partition coefficient (Wildman–Crippen LogP) is 12.9. The Labute approximate surface area is 304 Å². The molecule has 0 unspecified atom stereocenters. The normalized spacial score (nSPS) is 12.5. The number of imidazole rings is 1. The number of para-hydroxylation sites is 1. The summed E-state index contributed by atoms with van der Waals surface area (Å²) >= 11 is 0. The molecule has 0 saturated heterocycles. The van der Waals surface area contributed by atoms with Gasteiger partial charge >= 0.3 is 0 Å². The third-order valence-electron chi connectivity index (χ3n) is 10.4. The molecule has 9 aromatic rings. The predicted molar refractivity (Wildman–Crippen MR) is 217 cm³/mol. The van der Waals surface area contributed by atoms with Crippen molar-refractivity contribution >= 4 is 54.6 Å². The lowest BCUT2D eigenvalue weighted by molar-refractivity contribution is 0.548. The first kappa shape index (κ1) is 32.1. The number of nitrogens with zero attached hydrogens (tertiary/aromatic N) is 4. The molecule has 3 aromatic heterocycles. The van der Waals surface area contributed by atoms with Gasteiger partial charge in [0.2, 0.25) is 0 Å². The molecular formula is C47H42N4O. The summed E-state index contributed by atoms with van der Waals surface area (Å²) < 4.78 is 9.42. The van der Waals surface area contributed by atoms with Gasteiger partial charge in [0.15, 0.2) is 5.58 Å². The lowest BCUT2D eigenvalue weighted by atomic mass is 9.88. The van der Waals surface area contributed by atoms with Crippen LogP contribution < -0.4 is 0 Å². The lowest BCUT2D eigenvalue weighted by Gasteiger charge is -2.24. The minimum Gasteiger partial charge on any atom is -0.453 e. The molecule has 5 heteroatoms. The van der Waals surface area contributed by atoms with E-state index in [0.717, 1.165) is 61.1 Å². The van der Waals surface area contributed by atoms with Crippen LogP contribution in [0.25, 0.3) is 82.8 Å². The summed E-state index contributed by atoms with van der Waals surface area (Å²) in [5, 5.41) is 5.39. The molecule has 0 N–H and O–H groups in total. The fraction of sp³-hybridized carbons (Fsp3) is 0.213. The number of hydrogen-bond acceptors (Lipinski definition) is 4. The Balaban J connectivity index is 1.42. The molecule has 9 rings (SSSR count). The molecule has 6 aromatic carbocycles. The zero-order chi connectivity index (χ0) is 35.9. The third-order valence-corrected chi connectivity index (χ3v) is 10.4. The first-order valence-electron chi connectivity index (χ1n) is 18.3. The molecule has 0 bridgehead atoms. The van der Waals surface area contributed by atoms with Crippen LogP contribution in [-0.4, -0.2) is 19.5 Å². The van der Waals surface area contributed by atoms with E-state index in [2.05, 4.69) is 162 Å². The van der Waals surface area contributed by atoms with Crippen molar-refractivity contribution in [2.24, 2.45) is 0 Å². The van der Waals surface area contributed by atoms with Gasteiger partial charge in [-0.15, -0.1) is 0 Å². The molecule has 0 fully saturated rings. The summed E-state index contributed by atoms with van der Waals surface area (Å²) in [5.41, 5.74) is 11.4. The van der Waals surface area contributed by atoms with E-state index in [0.29, 0.717) is 0 Å². The van der Waals surface area contributed by atoms with Crippen molar-refractivity contribution in [2.75, 3.05) is 0 Å². The third kappa shape index (κ3) is 5.02. The fourth-order valence-electron chi connectivity index (χ4n) is 7.74. The van der Waals surface area contributed by atoms with Crippen molar-refractivity contribution < 1.29 is 4.42 Å². The molecule has 0 radical (unpaired) electrons. The maximum atomic E-state index is 6.98. The van der Waals surface area contributed by atoms with Crippen LogP contribution in [0.2, 0.25) is 0 Å². The number of aromatic nitrogens is 4. The number of fused-ring (bicyclic) bond motifs is 8. The molecule has 5 nitrogen and oxygen atoms in total. The maximum Gasteiger partial charge on any atom is 0.161 e. The van der Waals surface area contributed by atoms with Gasteiger partial charge in [-0.25, -0.2) is 15.0 Å². The number of furan rings is 1. The largest absolute Gasteiger partial charge is 0.453 e. The molecule has 0 aliphatic heterocycles. The highest BCUT2D eigenvalue weighted by atomic mass is 16.3. The molecule has 0 amide bonds. The summed E-state index contributed by atoms with van der Waals surface area (Å²) in [6, 6.07) is 39.2. The van der Waals surface area contributed by atoms with E-state index in [1.807, 2.05) is 6.20 Å². The second-order valence-corrected chi connectivity index (χ2v) is 15.7. The molecule has 0 aliphatic carbocycles. The highest BCUT2D eigenvalue weighted by molar-refractivity contribution is 6.16. The molecule has 3 heterocycles. The Hall–Kier alpha value is -5.81. The zero-order valence-corrected chi connectivity index (χ0v) is 30.8. The van der Waals surface area contributed by atoms with E-state index >= 15 is 0 Å². The van der Waals surface area contributed by atoms with Crippen molar-refractivity contribution in [1.82, 2.24) is 19.5 Å². The van der Waals surface area contributed by atoms with Crippen LogP contribution in [0.4, 0.5) is 0 Å². The average molecular weight is 679 g/mol. The van der Waals surface area contributed by atoms with Gasteiger partial charge < -0.3 is 4.42 Å². The topological polar surface area (TPSA) is 56.7 Å². The standard InChI is InChI=1S/C47H42N4O/c1-27(2)37-24-32(29-14-9-8-10-15-29)25-38(28(3)4)41(37)51-42-33-17-12-11-16-30(33)21-23-39(42)49-45(51)36-19-13-18-34-35-22-20-31-26-48-46(47(5,6)7)50-40(31)44(35)52-43(34)36/h8-28H,1-7H3. The van der Waals surface area contributed by atoms with Gasteiger partial charge in [-0.2, -0.15) is 0 Å². The van der Waals surface area contributed by atoms with Crippen molar-refractivity contribution in [3.8, 4) is 28.2 Å². The van der Waals surface area contributed by atoms with Crippen molar-refractivity contribution in [3.63, 3.8) is 0 Å². The summed E-state index contributed by atoms with van der Waals surface area (Å²) in [6.45, 7) is 15.6. The zero-order valence-electron chi connectivity index (χ0n) is 30.8. The van der Waals surface area contributed by atoms with Crippen LogP contribution in [0.3, 0.4) is 0 Å². The van der Waals surface area contributed by atoms with E-state index in [4.69, 9.17) is 19.4 Å². The van der Waals surface area contributed by atoms with E-state index in [1.165, 1.54) is 38.7 Å². The highest BCUT2D eigenvalue weighted by Crippen LogP contribution is 2.44. The second kappa shape index (κ2) is 11.9. The van der Waals surface area contributed by atoms with Gasteiger partial charge in [0.25, 0.3) is 0 Å². The SMILES string of the molecule is CC(C)c1cc(-c2ccccc2)cc(C(C)C)c1-n1c(-c2cccc3c2oc2c3ccc3cnc(C(C)(C)C)nc32)nc2ccc3ccccc3c21. The Kier molecular flexibility index (Phi) is 7.34. The monoisotopic (exact) mass is 678 g/mol. The molecule has 0 spiro atoms. The lowest BCUT2D eigenvalue weighted by Crippen LogP contribution is -2.15. The van der Waals surface area contributed by atoms with Gasteiger partial charge in [-0.05, 0) is 69.8 Å². The highest BCUT2D eigenvalue weighted by Gasteiger charge is 2.27. The van der Waals surface area contributed by atoms with Crippen LogP contribution in [-0.2, 0) is 5.41 Å². The van der Waals surface area contributed by atoms with Crippen molar-refractivity contribution in [2.45, 2.75) is 65.7 Å². The number of hydrogen-bond donors (Lipinski definition) is 0. The summed E-state index contributed by atoms with van der Waals surface area (Å²) in [5.74, 6) is 2.16. The van der Waals surface area contributed by atoms with Crippen LogP contribution >= 0.6 is 0 Å². The molecular weight excluding hydrogens is 637 g/mol. The van der Waals surface area contributed by atoms with Gasteiger partial charge in [0, 0.05) is 33.2 Å². The number of rotatable bonds is 5. The first-order chi connectivity index (χ1) is 25.1. The summed E-state index contributed by atoms with van der Waals surface area (Å²) in [4.78, 5) is 15.3. The summed E-state index contributed by atoms with van der Waals surface area (Å²) in [6.07, 6.45) is 1.92. The second-order valence-electron chi connectivity index (χ2n) is 15.7. The number of benzene rings is 6. The Bertz CT molecular complexity index is 2800. The quantitative estimate of drug-likeness (QED) is 0.182. The van der Waals surface area contributed by atoms with Gasteiger partial charge in [0.05, 0.1) is 22.3 Å². The molecule has 0 atom stereocenters. The fourth-order valence-corrected chi connectivity index (χ4v) is 7.74. The van der Waals surface area contributed by atoms with Crippen LogP contribution in [0, 0.1) is 0 Å². The smallest absolute Gasteiger partial charge is 0.161 e. The molecule has 0 aliphatic rings. The maximum absolute atomic E-state index is 6.98. The minimum absolute atomic E-state index is 0.195. The van der Waals surface area contributed by atoms with Crippen molar-refractivity contribution in [1.29, 1.82) is 0 Å². The van der Waals surface area contributed by atoms with E-state index in [-0.39, 0.29) is 17.3 Å². The van der Waals surface area contributed by atoms with Gasteiger partial charge in [0.1, 0.15) is 22.7 Å². The van der Waals surface area contributed by atoms with Crippen molar-refractivity contribution in [3.05, 3.63) is 132 Å².